The molecule has 3 heterocycles. The van der Waals surface area contributed by atoms with Crippen molar-refractivity contribution in [2.45, 2.75) is 59.0 Å². The summed E-state index contributed by atoms with van der Waals surface area (Å²) >= 11 is 0. The molecular weight excluding hydrogens is 458 g/mol. The summed E-state index contributed by atoms with van der Waals surface area (Å²) in [4.78, 5) is 43.1. The molecule has 9 nitrogen and oxygen atoms in total. The first-order chi connectivity index (χ1) is 17.0. The first-order valence-electron chi connectivity index (χ1n) is 12.5. The van der Waals surface area contributed by atoms with E-state index in [9.17, 15) is 14.4 Å². The van der Waals surface area contributed by atoms with Crippen molar-refractivity contribution in [1.29, 1.82) is 0 Å². The molecular formula is C27H35N5O4. The first kappa shape index (κ1) is 25.5. The number of carbonyl (C=O) groups excluding carboxylic acids is 2. The van der Waals surface area contributed by atoms with Crippen molar-refractivity contribution in [3.8, 4) is 11.3 Å². The largest absolute Gasteiger partial charge is 0.444 e. The van der Waals surface area contributed by atoms with Crippen molar-refractivity contribution in [2.75, 3.05) is 19.6 Å². The quantitative estimate of drug-likeness (QED) is 0.554. The van der Waals surface area contributed by atoms with Gasteiger partial charge in [0.05, 0.1) is 5.69 Å². The van der Waals surface area contributed by atoms with Gasteiger partial charge in [-0.05, 0) is 39.5 Å². The van der Waals surface area contributed by atoms with Gasteiger partial charge in [0.25, 0.3) is 11.5 Å². The van der Waals surface area contributed by atoms with Gasteiger partial charge in [0.15, 0.2) is 0 Å². The van der Waals surface area contributed by atoms with Crippen molar-refractivity contribution < 1.29 is 14.3 Å². The van der Waals surface area contributed by atoms with Crippen LogP contribution in [0.2, 0.25) is 0 Å². The van der Waals surface area contributed by atoms with Crippen LogP contribution >= 0.6 is 0 Å². The average Bonchev–Trinajstić information content (AvgIpc) is 3.21. The number of nitrogens with zero attached hydrogens (tertiary/aromatic N) is 3. The number of hydrogen-bond acceptors (Lipinski definition) is 5. The Morgan fingerprint density at radius 2 is 1.83 bits per heavy atom. The molecule has 0 aliphatic carbocycles. The number of amides is 2. The van der Waals surface area contributed by atoms with E-state index in [4.69, 9.17) is 9.84 Å². The Hall–Kier alpha value is -3.62. The fourth-order valence-electron chi connectivity index (χ4n) is 4.44. The fraction of sp³-hybridized carbons (Fsp3) is 0.481. The summed E-state index contributed by atoms with van der Waals surface area (Å²) in [7, 11) is 0. The standard InChI is InChI=1S/C27H35N5O4/c1-17(2)16-28-25(34)22-23(19-9-7-6-8-10-19)30-32-20(15-21(33)29-24(22)32)18-11-13-31(14-12-18)26(35)36-27(3,4)5/h6-10,15,17-18H,11-14,16H2,1-5H3,(H,28,34)(H,29,33). The maximum atomic E-state index is 13.3. The summed E-state index contributed by atoms with van der Waals surface area (Å²) < 4.78 is 7.21. The SMILES string of the molecule is CC(C)CNC(=O)c1c(-c2ccccc2)nn2c(C3CCN(C(=O)OC(C)(C)C)CC3)cc(=O)[nH]c12. The number of likely N-dealkylation sites (tertiary alicyclic amines) is 1. The molecule has 192 valence electrons. The average molecular weight is 494 g/mol. The molecule has 0 unspecified atom stereocenters. The number of nitrogens with one attached hydrogen (secondary N) is 2. The molecule has 0 spiro atoms. The molecule has 1 aliphatic heterocycles. The second kappa shape index (κ2) is 10.2. The first-order valence-corrected chi connectivity index (χ1v) is 12.5. The zero-order chi connectivity index (χ0) is 26.0. The van der Waals surface area contributed by atoms with Crippen LogP contribution < -0.4 is 10.9 Å². The number of aromatic nitrogens is 3. The third-order valence-corrected chi connectivity index (χ3v) is 6.16. The molecule has 2 amide bonds. The van der Waals surface area contributed by atoms with Gasteiger partial charge in [0.1, 0.15) is 22.5 Å². The molecule has 1 aromatic carbocycles. The molecule has 2 aromatic heterocycles. The smallest absolute Gasteiger partial charge is 0.410 e. The lowest BCUT2D eigenvalue weighted by molar-refractivity contribution is 0.0203. The molecule has 1 aliphatic rings. The molecule has 3 aromatic rings. The minimum Gasteiger partial charge on any atom is -0.444 e. The molecule has 0 radical (unpaired) electrons. The lowest BCUT2D eigenvalue weighted by atomic mass is 9.93. The van der Waals surface area contributed by atoms with Gasteiger partial charge in [0, 0.05) is 37.2 Å². The van der Waals surface area contributed by atoms with E-state index < -0.39 is 5.60 Å². The second-order valence-electron chi connectivity index (χ2n) is 10.8. The van der Waals surface area contributed by atoms with E-state index in [2.05, 4.69) is 10.3 Å². The summed E-state index contributed by atoms with van der Waals surface area (Å²) in [6, 6.07) is 11.1. The predicted octanol–water partition coefficient (Wildman–Crippen LogP) is 4.19. The maximum absolute atomic E-state index is 13.3. The van der Waals surface area contributed by atoms with Gasteiger partial charge in [-0.25, -0.2) is 9.31 Å². The molecule has 1 fully saturated rings. The lowest BCUT2D eigenvalue weighted by Gasteiger charge is -2.33. The van der Waals surface area contributed by atoms with E-state index >= 15 is 0 Å². The normalized spacial score (nSPS) is 14.9. The van der Waals surface area contributed by atoms with Gasteiger partial charge in [-0.3, -0.25) is 9.59 Å². The van der Waals surface area contributed by atoms with Gasteiger partial charge in [-0.1, -0.05) is 44.2 Å². The third-order valence-electron chi connectivity index (χ3n) is 6.16. The van der Waals surface area contributed by atoms with E-state index in [0.29, 0.717) is 49.4 Å². The third kappa shape index (κ3) is 5.61. The number of carbonyl (C=O) groups is 2. The highest BCUT2D eigenvalue weighted by molar-refractivity contribution is 6.05. The van der Waals surface area contributed by atoms with Crippen LogP contribution in [0.4, 0.5) is 4.79 Å². The van der Waals surface area contributed by atoms with E-state index in [1.54, 1.807) is 15.5 Å². The Kier molecular flexibility index (Phi) is 7.19. The van der Waals surface area contributed by atoms with E-state index in [0.717, 1.165) is 11.3 Å². The molecule has 0 atom stereocenters. The van der Waals surface area contributed by atoms with Gasteiger partial charge in [0.2, 0.25) is 0 Å². The van der Waals surface area contributed by atoms with E-state index in [-0.39, 0.29) is 29.4 Å². The van der Waals surface area contributed by atoms with E-state index in [1.165, 1.54) is 0 Å². The molecule has 9 heteroatoms. The van der Waals surface area contributed by atoms with Crippen LogP contribution in [0, 0.1) is 5.92 Å². The molecule has 2 N–H and O–H groups in total. The topological polar surface area (TPSA) is 109 Å². The Balaban J connectivity index is 1.71. The second-order valence-corrected chi connectivity index (χ2v) is 10.8. The monoisotopic (exact) mass is 493 g/mol. The van der Waals surface area contributed by atoms with Crippen LogP contribution in [0.25, 0.3) is 16.9 Å². The highest BCUT2D eigenvalue weighted by Crippen LogP contribution is 2.31. The summed E-state index contributed by atoms with van der Waals surface area (Å²) in [5, 5.41) is 7.80. The highest BCUT2D eigenvalue weighted by atomic mass is 16.6. The molecule has 4 rings (SSSR count). The fourth-order valence-corrected chi connectivity index (χ4v) is 4.44. The minimum absolute atomic E-state index is 0.00332. The van der Waals surface area contributed by atoms with Crippen LogP contribution in [0.15, 0.2) is 41.2 Å². The van der Waals surface area contributed by atoms with Crippen LogP contribution in [-0.2, 0) is 4.74 Å². The van der Waals surface area contributed by atoms with Crippen LogP contribution in [0.5, 0.6) is 0 Å². The Morgan fingerprint density at radius 3 is 2.44 bits per heavy atom. The maximum Gasteiger partial charge on any atom is 0.410 e. The van der Waals surface area contributed by atoms with E-state index in [1.807, 2.05) is 65.0 Å². The number of fused-ring (bicyclic) bond motifs is 1. The van der Waals surface area contributed by atoms with Crippen molar-refractivity contribution in [2.24, 2.45) is 5.92 Å². The number of benzene rings is 1. The highest BCUT2D eigenvalue weighted by Gasteiger charge is 2.30. The zero-order valence-corrected chi connectivity index (χ0v) is 21.6. The summed E-state index contributed by atoms with van der Waals surface area (Å²) in [5.41, 5.74) is 1.94. The molecule has 0 bridgehead atoms. The van der Waals surface area contributed by atoms with Gasteiger partial charge >= 0.3 is 6.09 Å². The van der Waals surface area contributed by atoms with Crippen LogP contribution in [-0.4, -0.2) is 56.7 Å². The minimum atomic E-state index is -0.553. The van der Waals surface area contributed by atoms with Gasteiger partial charge in [-0.2, -0.15) is 5.10 Å². The van der Waals surface area contributed by atoms with Crippen molar-refractivity contribution in [1.82, 2.24) is 24.8 Å². The van der Waals surface area contributed by atoms with Crippen LogP contribution in [0.3, 0.4) is 0 Å². The Labute approximate surface area is 210 Å². The zero-order valence-electron chi connectivity index (χ0n) is 21.6. The number of aromatic amines is 1. The molecule has 36 heavy (non-hydrogen) atoms. The number of hydrogen-bond donors (Lipinski definition) is 2. The van der Waals surface area contributed by atoms with Crippen molar-refractivity contribution >= 4 is 17.6 Å². The Morgan fingerprint density at radius 1 is 1.17 bits per heavy atom. The Bertz CT molecular complexity index is 1300. The lowest BCUT2D eigenvalue weighted by Crippen LogP contribution is -2.41. The van der Waals surface area contributed by atoms with Gasteiger partial charge < -0.3 is 19.9 Å². The number of H-pyrrole nitrogens is 1. The number of rotatable bonds is 5. The van der Waals surface area contributed by atoms with Gasteiger partial charge in [-0.15, -0.1) is 0 Å². The number of piperidine rings is 1. The summed E-state index contributed by atoms with van der Waals surface area (Å²) in [6.45, 7) is 11.1. The molecule has 0 saturated carbocycles. The molecule has 1 saturated heterocycles. The van der Waals surface area contributed by atoms with Crippen molar-refractivity contribution in [3.63, 3.8) is 0 Å². The summed E-state index contributed by atoms with van der Waals surface area (Å²) in [5.74, 6) is 0.00872. The summed E-state index contributed by atoms with van der Waals surface area (Å²) in [6.07, 6.45) is 0.993. The predicted molar refractivity (Wildman–Crippen MR) is 138 cm³/mol. The van der Waals surface area contributed by atoms with Crippen molar-refractivity contribution in [3.05, 3.63) is 58.0 Å². The number of ether oxygens (including phenoxy) is 1. The van der Waals surface area contributed by atoms with Crippen LogP contribution in [0.1, 0.15) is 69.4 Å².